The van der Waals surface area contributed by atoms with Crippen LogP contribution in [0.2, 0.25) is 0 Å². The van der Waals surface area contributed by atoms with Gasteiger partial charge in [0.1, 0.15) is 6.04 Å². The first kappa shape index (κ1) is 7.66. The van der Waals surface area contributed by atoms with Crippen molar-refractivity contribution < 1.29 is 9.53 Å². The van der Waals surface area contributed by atoms with E-state index in [4.69, 9.17) is 10.5 Å². The van der Waals surface area contributed by atoms with Crippen molar-refractivity contribution in [3.8, 4) is 0 Å². The van der Waals surface area contributed by atoms with Gasteiger partial charge in [-0.3, -0.25) is 4.79 Å². The van der Waals surface area contributed by atoms with E-state index in [1.807, 2.05) is 6.92 Å². The summed E-state index contributed by atoms with van der Waals surface area (Å²) in [5, 5.41) is 0. The Hall–Kier alpha value is -0.570. The summed E-state index contributed by atoms with van der Waals surface area (Å²) in [5.74, 6) is 6.42. The van der Waals surface area contributed by atoms with Crippen molar-refractivity contribution in [3.05, 3.63) is 0 Å². The molecule has 1 unspecified atom stereocenters. The van der Waals surface area contributed by atoms with Crippen LogP contribution in [0.5, 0.6) is 0 Å². The average molecular weight is 205 g/mol. The van der Waals surface area contributed by atoms with E-state index in [1.165, 1.54) is 0 Å². The molecule has 3 nitrogen and oxygen atoms in total. The van der Waals surface area contributed by atoms with Crippen LogP contribution in [0, 0.1) is 46.8 Å². The van der Waals surface area contributed by atoms with E-state index in [-0.39, 0.29) is 17.4 Å². The Morgan fingerprint density at radius 1 is 1.27 bits per heavy atom. The summed E-state index contributed by atoms with van der Waals surface area (Å²) < 4.78 is 5.07. The highest BCUT2D eigenvalue weighted by Crippen LogP contribution is 3.06. The molecule has 0 amide bonds. The van der Waals surface area contributed by atoms with Crippen LogP contribution in [0.1, 0.15) is 6.92 Å². The smallest absolute Gasteiger partial charge is 0.323 e. The Balaban J connectivity index is 1.46. The van der Waals surface area contributed by atoms with Gasteiger partial charge in [0.25, 0.3) is 0 Å². The van der Waals surface area contributed by atoms with Crippen LogP contribution in [-0.2, 0) is 9.53 Å². The van der Waals surface area contributed by atoms with Crippen molar-refractivity contribution in [2.24, 2.45) is 52.6 Å². The molecule has 2 N–H and O–H groups in total. The summed E-state index contributed by atoms with van der Waals surface area (Å²) in [6.45, 7) is 2.31. The molecule has 0 saturated heterocycles. The molecular weight excluding hydrogens is 190 g/mol. The Kier molecular flexibility index (Phi) is 0.894. The summed E-state index contributed by atoms with van der Waals surface area (Å²) in [5.41, 5.74) is 6.38. The van der Waals surface area contributed by atoms with Gasteiger partial charge in [-0.05, 0) is 48.3 Å². The standard InChI is InChI=1S/C12H15NO2/c1-2-15-11(14)10(13)12-7-4-3-5(7)9(12)6(3)8(4)12/h3-10H,2,13H2,1H3. The van der Waals surface area contributed by atoms with Gasteiger partial charge in [0.05, 0.1) is 6.61 Å². The topological polar surface area (TPSA) is 52.3 Å². The molecule has 6 aliphatic rings. The third-order valence-corrected chi connectivity index (χ3v) is 6.63. The maximum atomic E-state index is 11.7. The van der Waals surface area contributed by atoms with Gasteiger partial charge >= 0.3 is 5.97 Å². The number of carbonyl (C=O) groups is 1. The number of esters is 1. The summed E-state index contributed by atoms with van der Waals surface area (Å²) >= 11 is 0. The third-order valence-electron chi connectivity index (χ3n) is 6.63. The SMILES string of the molecule is CCOC(=O)C(N)C12C3C4C5C3C1C5C42. The maximum absolute atomic E-state index is 11.7. The van der Waals surface area contributed by atoms with Gasteiger partial charge in [0.15, 0.2) is 0 Å². The molecule has 0 aliphatic heterocycles. The normalized spacial score (nSPS) is 69.9. The molecule has 0 radical (unpaired) electrons. The van der Waals surface area contributed by atoms with E-state index >= 15 is 0 Å². The van der Waals surface area contributed by atoms with Gasteiger partial charge in [0.2, 0.25) is 0 Å². The maximum Gasteiger partial charge on any atom is 0.323 e. The molecule has 15 heavy (non-hydrogen) atoms. The zero-order chi connectivity index (χ0) is 10.1. The van der Waals surface area contributed by atoms with Crippen molar-refractivity contribution in [3.63, 3.8) is 0 Å². The molecule has 6 saturated carbocycles. The lowest BCUT2D eigenvalue weighted by Gasteiger charge is -3.08. The number of carbonyl (C=O) groups excluding carboxylic acids is 1. The fraction of sp³-hybridized carbons (Fsp3) is 0.917. The van der Waals surface area contributed by atoms with Crippen LogP contribution < -0.4 is 5.73 Å². The van der Waals surface area contributed by atoms with Crippen molar-refractivity contribution in [1.29, 1.82) is 0 Å². The molecule has 0 spiro atoms. The first-order valence-electron chi connectivity index (χ1n) is 6.18. The Morgan fingerprint density at radius 2 is 1.80 bits per heavy atom. The predicted molar refractivity (Wildman–Crippen MR) is 51.5 cm³/mol. The van der Waals surface area contributed by atoms with Gasteiger partial charge in [-0.2, -0.15) is 0 Å². The van der Waals surface area contributed by atoms with Gasteiger partial charge in [-0.15, -0.1) is 0 Å². The number of rotatable bonds is 3. The Bertz CT molecular complexity index is 354. The van der Waals surface area contributed by atoms with E-state index < -0.39 is 0 Å². The van der Waals surface area contributed by atoms with Crippen molar-refractivity contribution >= 4 is 5.97 Å². The van der Waals surface area contributed by atoms with Gasteiger partial charge in [-0.25, -0.2) is 0 Å². The van der Waals surface area contributed by atoms with Crippen molar-refractivity contribution in [2.75, 3.05) is 6.61 Å². The molecular formula is C12H15NO2. The van der Waals surface area contributed by atoms with E-state index in [0.29, 0.717) is 6.61 Å². The number of nitrogens with two attached hydrogens (primary N) is 1. The lowest BCUT2D eigenvalue weighted by atomic mass is 8.96. The molecule has 6 aliphatic carbocycles. The zero-order valence-corrected chi connectivity index (χ0v) is 8.72. The number of hydrogen-bond acceptors (Lipinski definition) is 3. The third kappa shape index (κ3) is 0.398. The molecule has 0 aromatic carbocycles. The summed E-state index contributed by atoms with van der Waals surface area (Å²) in [6.07, 6.45) is 0. The lowest BCUT2D eigenvalue weighted by Crippen LogP contribution is -3.07. The Labute approximate surface area is 88.3 Å². The summed E-state index contributed by atoms with van der Waals surface area (Å²) in [6, 6.07) is -0.303. The van der Waals surface area contributed by atoms with E-state index in [9.17, 15) is 4.79 Å². The highest BCUT2D eigenvalue weighted by molar-refractivity contribution is 5.79. The second-order valence-corrected chi connectivity index (χ2v) is 6.12. The van der Waals surface area contributed by atoms with Crippen LogP contribution in [-0.4, -0.2) is 18.6 Å². The molecule has 0 aromatic heterocycles. The van der Waals surface area contributed by atoms with E-state index in [0.717, 1.165) is 41.4 Å². The van der Waals surface area contributed by atoms with Crippen LogP contribution in [0.3, 0.4) is 0 Å². The molecule has 6 rings (SSSR count). The fourth-order valence-electron chi connectivity index (χ4n) is 6.58. The molecule has 1 atom stereocenters. The first-order chi connectivity index (χ1) is 7.26. The lowest BCUT2D eigenvalue weighted by molar-refractivity contribution is -0.616. The highest BCUT2D eigenvalue weighted by Gasteiger charge is 3.05. The molecule has 3 heteroatoms. The number of hydrogen-bond donors (Lipinski definition) is 1. The van der Waals surface area contributed by atoms with Gasteiger partial charge < -0.3 is 10.5 Å². The quantitative estimate of drug-likeness (QED) is 0.672. The van der Waals surface area contributed by atoms with E-state index in [2.05, 4.69) is 0 Å². The summed E-state index contributed by atoms with van der Waals surface area (Å²) in [4.78, 5) is 11.7. The Morgan fingerprint density at radius 3 is 2.27 bits per heavy atom. The zero-order valence-electron chi connectivity index (χ0n) is 8.72. The summed E-state index contributed by atoms with van der Waals surface area (Å²) in [7, 11) is 0. The van der Waals surface area contributed by atoms with Gasteiger partial charge in [-0.1, -0.05) is 0 Å². The van der Waals surface area contributed by atoms with E-state index in [1.54, 1.807) is 0 Å². The molecule has 0 aromatic rings. The van der Waals surface area contributed by atoms with Gasteiger partial charge in [0, 0.05) is 5.41 Å². The monoisotopic (exact) mass is 205 g/mol. The minimum absolute atomic E-state index is 0.145. The minimum Gasteiger partial charge on any atom is -0.465 e. The second kappa shape index (κ2) is 1.75. The first-order valence-corrected chi connectivity index (χ1v) is 6.18. The molecule has 80 valence electrons. The van der Waals surface area contributed by atoms with Crippen molar-refractivity contribution in [2.45, 2.75) is 13.0 Å². The highest BCUT2D eigenvalue weighted by atomic mass is 16.5. The van der Waals surface area contributed by atoms with Crippen LogP contribution in [0.15, 0.2) is 0 Å². The van der Waals surface area contributed by atoms with Crippen LogP contribution in [0.4, 0.5) is 0 Å². The molecule has 0 heterocycles. The van der Waals surface area contributed by atoms with Crippen molar-refractivity contribution in [1.82, 2.24) is 0 Å². The number of ether oxygens (including phenoxy) is 1. The van der Waals surface area contributed by atoms with Crippen LogP contribution in [0.25, 0.3) is 0 Å². The fourth-order valence-corrected chi connectivity index (χ4v) is 6.58. The second-order valence-electron chi connectivity index (χ2n) is 6.12. The minimum atomic E-state index is -0.303. The van der Waals surface area contributed by atoms with Crippen LogP contribution >= 0.6 is 0 Å². The molecule has 6 fully saturated rings. The predicted octanol–water partition coefficient (Wildman–Crippen LogP) is 0.245. The molecule has 0 bridgehead atoms. The largest absolute Gasteiger partial charge is 0.465 e. The average Bonchev–Trinajstić information content (AvgIpc) is 2.28.